The molecule has 4 aromatic carbocycles. The SMILES string of the molecule is COc1ccc2cc(Oc3ccc(C(=O)c4ccc(C)c(S(=O)(=O)O)c4)cc3S(=O)(=O)O)ccc2c1. The summed E-state index contributed by atoms with van der Waals surface area (Å²) in [5, 5.41) is 1.66. The lowest BCUT2D eigenvalue weighted by Gasteiger charge is -2.12. The second-order valence-electron chi connectivity index (χ2n) is 7.90. The van der Waals surface area contributed by atoms with Gasteiger partial charge in [-0.25, -0.2) is 0 Å². The highest BCUT2D eigenvalue weighted by molar-refractivity contribution is 7.86. The first kappa shape index (κ1) is 25.3. The third-order valence-corrected chi connectivity index (χ3v) is 7.33. The largest absolute Gasteiger partial charge is 0.497 e. The monoisotopic (exact) mass is 528 g/mol. The second-order valence-corrected chi connectivity index (χ2v) is 10.7. The zero-order chi connectivity index (χ0) is 26.3. The fourth-order valence-electron chi connectivity index (χ4n) is 3.64. The molecule has 0 unspecified atom stereocenters. The van der Waals surface area contributed by atoms with Gasteiger partial charge in [-0.05, 0) is 71.8 Å². The van der Waals surface area contributed by atoms with Crippen LogP contribution in [0.15, 0.2) is 82.6 Å². The minimum absolute atomic E-state index is 0.104. The Kier molecular flexibility index (Phi) is 6.58. The van der Waals surface area contributed by atoms with Crippen LogP contribution < -0.4 is 9.47 Å². The van der Waals surface area contributed by atoms with Crippen molar-refractivity contribution >= 4 is 36.8 Å². The Hall–Kier alpha value is -3.77. The molecular formula is C25H20O9S2. The van der Waals surface area contributed by atoms with Crippen LogP contribution in [0.4, 0.5) is 0 Å². The first-order chi connectivity index (χ1) is 16.9. The van der Waals surface area contributed by atoms with Gasteiger partial charge in [-0.3, -0.25) is 13.9 Å². The molecule has 0 aliphatic heterocycles. The minimum atomic E-state index is -4.81. The van der Waals surface area contributed by atoms with Crippen molar-refractivity contribution < 1.29 is 40.2 Å². The predicted molar refractivity (Wildman–Crippen MR) is 131 cm³/mol. The molecule has 0 saturated heterocycles. The van der Waals surface area contributed by atoms with Crippen LogP contribution in [0.25, 0.3) is 10.8 Å². The summed E-state index contributed by atoms with van der Waals surface area (Å²) in [6.07, 6.45) is 0. The van der Waals surface area contributed by atoms with Gasteiger partial charge in [0, 0.05) is 11.1 Å². The van der Waals surface area contributed by atoms with Crippen molar-refractivity contribution in [3.63, 3.8) is 0 Å². The third-order valence-electron chi connectivity index (χ3n) is 5.46. The van der Waals surface area contributed by atoms with E-state index in [4.69, 9.17) is 9.47 Å². The average Bonchev–Trinajstić information content (AvgIpc) is 2.82. The van der Waals surface area contributed by atoms with E-state index < -0.39 is 35.8 Å². The van der Waals surface area contributed by atoms with Crippen LogP contribution in [-0.4, -0.2) is 38.8 Å². The Morgan fingerprint density at radius 3 is 1.81 bits per heavy atom. The van der Waals surface area contributed by atoms with Gasteiger partial charge in [-0.15, -0.1) is 0 Å². The summed E-state index contributed by atoms with van der Waals surface area (Å²) < 4.78 is 77.5. The molecule has 0 atom stereocenters. The molecule has 11 heteroatoms. The summed E-state index contributed by atoms with van der Waals surface area (Å²) >= 11 is 0. The van der Waals surface area contributed by atoms with Gasteiger partial charge in [0.25, 0.3) is 20.2 Å². The first-order valence-electron chi connectivity index (χ1n) is 10.4. The van der Waals surface area contributed by atoms with Crippen molar-refractivity contribution in [2.24, 2.45) is 0 Å². The highest BCUT2D eigenvalue weighted by atomic mass is 32.2. The van der Waals surface area contributed by atoms with E-state index in [2.05, 4.69) is 0 Å². The number of ether oxygens (including phenoxy) is 2. The number of carbonyl (C=O) groups is 1. The van der Waals surface area contributed by atoms with Crippen molar-refractivity contribution in [2.45, 2.75) is 16.7 Å². The summed E-state index contributed by atoms with van der Waals surface area (Å²) in [5.74, 6) is 0.00999. The van der Waals surface area contributed by atoms with Crippen LogP contribution in [0.3, 0.4) is 0 Å². The van der Waals surface area contributed by atoms with E-state index in [0.717, 1.165) is 22.9 Å². The van der Waals surface area contributed by atoms with E-state index in [1.807, 2.05) is 6.07 Å². The number of rotatable bonds is 7. The number of hydrogen-bond donors (Lipinski definition) is 2. The molecule has 0 aliphatic rings. The molecule has 0 radical (unpaired) electrons. The summed E-state index contributed by atoms with van der Waals surface area (Å²) in [4.78, 5) is 11.9. The van der Waals surface area contributed by atoms with Crippen molar-refractivity contribution in [3.8, 4) is 17.2 Å². The number of hydrogen-bond acceptors (Lipinski definition) is 7. The van der Waals surface area contributed by atoms with E-state index in [-0.39, 0.29) is 28.2 Å². The van der Waals surface area contributed by atoms with Gasteiger partial charge in [0.1, 0.15) is 22.1 Å². The zero-order valence-corrected chi connectivity index (χ0v) is 20.6. The Labute approximate surface area is 207 Å². The lowest BCUT2D eigenvalue weighted by Crippen LogP contribution is -2.08. The fourth-order valence-corrected chi connectivity index (χ4v) is 5.03. The maximum absolute atomic E-state index is 13.0. The Balaban J connectivity index is 1.72. The number of benzene rings is 4. The lowest BCUT2D eigenvalue weighted by molar-refractivity contribution is 0.103. The Morgan fingerprint density at radius 1 is 0.694 bits per heavy atom. The molecule has 0 amide bonds. The summed E-state index contributed by atoms with van der Waals surface area (Å²) in [6.45, 7) is 1.45. The highest BCUT2D eigenvalue weighted by Gasteiger charge is 2.22. The number of carbonyl (C=O) groups excluding carboxylic acids is 1. The topological polar surface area (TPSA) is 144 Å². The van der Waals surface area contributed by atoms with Crippen molar-refractivity contribution in [2.75, 3.05) is 7.11 Å². The predicted octanol–water partition coefficient (Wildman–Crippen LogP) is 4.67. The molecule has 4 aromatic rings. The average molecular weight is 529 g/mol. The molecule has 0 fully saturated rings. The quantitative estimate of drug-likeness (QED) is 0.258. The molecule has 2 N–H and O–H groups in total. The van der Waals surface area contributed by atoms with E-state index >= 15 is 0 Å². The summed E-state index contributed by atoms with van der Waals surface area (Å²) in [5.41, 5.74) is -0.0240. The molecule has 36 heavy (non-hydrogen) atoms. The molecule has 0 saturated carbocycles. The molecule has 0 spiro atoms. The molecule has 0 aromatic heterocycles. The van der Waals surface area contributed by atoms with Crippen LogP contribution in [0.1, 0.15) is 21.5 Å². The second kappa shape index (κ2) is 9.36. The number of aryl methyl sites for hydroxylation is 1. The number of fused-ring (bicyclic) bond motifs is 1. The molecule has 186 valence electrons. The lowest BCUT2D eigenvalue weighted by atomic mass is 10.0. The van der Waals surface area contributed by atoms with Crippen LogP contribution in [-0.2, 0) is 20.2 Å². The summed E-state index contributed by atoms with van der Waals surface area (Å²) in [6, 6.07) is 17.5. The Bertz CT molecular complexity index is 1720. The van der Waals surface area contributed by atoms with Gasteiger partial charge >= 0.3 is 0 Å². The van der Waals surface area contributed by atoms with Crippen molar-refractivity contribution in [3.05, 3.63) is 89.5 Å². The maximum Gasteiger partial charge on any atom is 0.298 e. The van der Waals surface area contributed by atoms with E-state index in [1.54, 1.807) is 37.4 Å². The standard InChI is InChI=1S/C25H20O9S2/c1-15-3-4-18(13-23(15)35(27,28)29)25(26)19-7-10-22(24(14-19)36(30,31)32)34-21-9-6-16-11-20(33-2)8-5-17(16)12-21/h3-14H,1-2H3,(H,27,28,29)(H,30,31,32). The normalized spacial score (nSPS) is 11.9. The van der Waals surface area contributed by atoms with Crippen LogP contribution in [0, 0.1) is 6.92 Å². The van der Waals surface area contributed by atoms with Gasteiger partial charge in [0.15, 0.2) is 5.78 Å². The maximum atomic E-state index is 13.0. The smallest absolute Gasteiger partial charge is 0.298 e. The van der Waals surface area contributed by atoms with Crippen LogP contribution >= 0.6 is 0 Å². The van der Waals surface area contributed by atoms with E-state index in [9.17, 15) is 30.7 Å². The van der Waals surface area contributed by atoms with Gasteiger partial charge in [0.05, 0.1) is 12.0 Å². The van der Waals surface area contributed by atoms with Gasteiger partial charge < -0.3 is 9.47 Å². The fraction of sp³-hybridized carbons (Fsp3) is 0.0800. The number of ketones is 1. The van der Waals surface area contributed by atoms with Crippen LogP contribution in [0.5, 0.6) is 17.2 Å². The van der Waals surface area contributed by atoms with Gasteiger partial charge in [0.2, 0.25) is 0 Å². The molecule has 0 heterocycles. The minimum Gasteiger partial charge on any atom is -0.497 e. The van der Waals surface area contributed by atoms with E-state index in [1.165, 1.54) is 31.2 Å². The molecular weight excluding hydrogens is 508 g/mol. The molecule has 4 rings (SSSR count). The first-order valence-corrected chi connectivity index (χ1v) is 13.2. The van der Waals surface area contributed by atoms with Gasteiger partial charge in [-0.2, -0.15) is 16.8 Å². The molecule has 0 aliphatic carbocycles. The van der Waals surface area contributed by atoms with Crippen molar-refractivity contribution in [1.82, 2.24) is 0 Å². The van der Waals surface area contributed by atoms with Crippen molar-refractivity contribution in [1.29, 1.82) is 0 Å². The Morgan fingerprint density at radius 2 is 1.22 bits per heavy atom. The zero-order valence-electron chi connectivity index (χ0n) is 19.0. The molecule has 9 nitrogen and oxygen atoms in total. The van der Waals surface area contributed by atoms with Gasteiger partial charge in [-0.1, -0.05) is 24.3 Å². The third kappa shape index (κ3) is 5.24. The number of methoxy groups -OCH3 is 1. The van der Waals surface area contributed by atoms with Crippen LogP contribution in [0.2, 0.25) is 0 Å². The van der Waals surface area contributed by atoms with E-state index in [0.29, 0.717) is 5.75 Å². The molecule has 0 bridgehead atoms. The summed E-state index contributed by atoms with van der Waals surface area (Å²) in [7, 11) is -7.84. The highest BCUT2D eigenvalue weighted by Crippen LogP contribution is 2.33.